The van der Waals surface area contributed by atoms with Gasteiger partial charge in [-0.1, -0.05) is 23.7 Å². The largest absolute Gasteiger partial charge is 0.492 e. The molecule has 2 rings (SSSR count). The zero-order chi connectivity index (χ0) is 15.9. The molecule has 6 nitrogen and oxygen atoms in total. The number of amides is 3. The summed E-state index contributed by atoms with van der Waals surface area (Å²) in [7, 11) is 0. The second-order valence-electron chi connectivity index (χ2n) is 4.95. The predicted octanol–water partition coefficient (Wildman–Crippen LogP) is 1.42. The van der Waals surface area contributed by atoms with Crippen LogP contribution in [0, 0.1) is 0 Å². The van der Waals surface area contributed by atoms with E-state index in [2.05, 4.69) is 10.6 Å². The van der Waals surface area contributed by atoms with Crippen molar-refractivity contribution in [3.05, 3.63) is 29.3 Å². The van der Waals surface area contributed by atoms with Crippen LogP contribution in [-0.2, 0) is 14.4 Å². The highest BCUT2D eigenvalue weighted by Gasteiger charge is 2.27. The van der Waals surface area contributed by atoms with Gasteiger partial charge in [0.05, 0.1) is 11.6 Å². The van der Waals surface area contributed by atoms with Crippen molar-refractivity contribution < 1.29 is 19.1 Å². The van der Waals surface area contributed by atoms with E-state index < -0.39 is 11.9 Å². The molecule has 1 atom stereocenters. The first-order valence-electron chi connectivity index (χ1n) is 7.06. The molecule has 0 bridgehead atoms. The third-order valence-corrected chi connectivity index (χ3v) is 3.53. The molecule has 1 heterocycles. The van der Waals surface area contributed by atoms with Crippen molar-refractivity contribution in [2.45, 2.75) is 31.7 Å². The highest BCUT2D eigenvalue weighted by Crippen LogP contribution is 2.23. The monoisotopic (exact) mass is 324 g/mol. The third kappa shape index (κ3) is 4.73. The van der Waals surface area contributed by atoms with Gasteiger partial charge in [0.15, 0.2) is 0 Å². The third-order valence-electron chi connectivity index (χ3n) is 3.22. The number of piperidine rings is 1. The lowest BCUT2D eigenvalue weighted by molar-refractivity contribution is -0.137. The van der Waals surface area contributed by atoms with Gasteiger partial charge in [0.2, 0.25) is 17.7 Å². The van der Waals surface area contributed by atoms with Gasteiger partial charge in [-0.3, -0.25) is 19.7 Å². The van der Waals surface area contributed by atoms with Crippen LogP contribution >= 0.6 is 11.6 Å². The molecule has 0 spiro atoms. The molecule has 1 unspecified atom stereocenters. The predicted molar refractivity (Wildman–Crippen MR) is 80.5 cm³/mol. The summed E-state index contributed by atoms with van der Waals surface area (Å²) in [4.78, 5) is 34.3. The fourth-order valence-corrected chi connectivity index (χ4v) is 2.26. The number of halogens is 1. The molecular formula is C15H17ClN2O4. The van der Waals surface area contributed by atoms with Gasteiger partial charge in [0, 0.05) is 12.8 Å². The summed E-state index contributed by atoms with van der Waals surface area (Å²) >= 11 is 5.95. The molecule has 1 aromatic carbocycles. The summed E-state index contributed by atoms with van der Waals surface area (Å²) in [5, 5.41) is 5.34. The van der Waals surface area contributed by atoms with Crippen molar-refractivity contribution in [1.29, 1.82) is 0 Å². The average molecular weight is 325 g/mol. The maximum atomic E-state index is 11.8. The molecule has 0 saturated carbocycles. The number of benzene rings is 1. The minimum atomic E-state index is -0.630. The van der Waals surface area contributed by atoms with Crippen LogP contribution in [0.25, 0.3) is 0 Å². The normalized spacial score (nSPS) is 17.8. The van der Waals surface area contributed by atoms with Gasteiger partial charge in [-0.15, -0.1) is 0 Å². The number of carbonyl (C=O) groups is 3. The summed E-state index contributed by atoms with van der Waals surface area (Å²) in [6.07, 6.45) is 1.32. The molecule has 7 heteroatoms. The Labute approximate surface area is 133 Å². The Kier molecular flexibility index (Phi) is 5.77. The first-order chi connectivity index (χ1) is 10.6. The molecule has 22 heavy (non-hydrogen) atoms. The van der Waals surface area contributed by atoms with Gasteiger partial charge in [-0.25, -0.2) is 0 Å². The van der Waals surface area contributed by atoms with Gasteiger partial charge in [0.25, 0.3) is 0 Å². The second-order valence-corrected chi connectivity index (χ2v) is 5.36. The topological polar surface area (TPSA) is 84.5 Å². The maximum Gasteiger partial charge on any atom is 0.249 e. The van der Waals surface area contributed by atoms with Crippen LogP contribution < -0.4 is 15.4 Å². The van der Waals surface area contributed by atoms with Gasteiger partial charge < -0.3 is 10.1 Å². The van der Waals surface area contributed by atoms with Crippen molar-refractivity contribution >= 4 is 29.3 Å². The van der Waals surface area contributed by atoms with Crippen LogP contribution in [0.1, 0.15) is 25.7 Å². The average Bonchev–Trinajstić information content (AvgIpc) is 2.48. The lowest BCUT2D eigenvalue weighted by atomic mass is 10.1. The number of hydrogen-bond donors (Lipinski definition) is 2. The Hall–Kier alpha value is -2.08. The van der Waals surface area contributed by atoms with Crippen LogP contribution in [0.4, 0.5) is 0 Å². The first-order valence-corrected chi connectivity index (χ1v) is 7.44. The van der Waals surface area contributed by atoms with Crippen molar-refractivity contribution in [3.63, 3.8) is 0 Å². The molecule has 2 N–H and O–H groups in total. The highest BCUT2D eigenvalue weighted by molar-refractivity contribution is 6.32. The molecule has 1 aliphatic heterocycles. The highest BCUT2D eigenvalue weighted by atomic mass is 35.5. The molecule has 1 aromatic rings. The number of rotatable bonds is 6. The van der Waals surface area contributed by atoms with E-state index in [0.717, 1.165) is 0 Å². The Morgan fingerprint density at radius 2 is 2.14 bits per heavy atom. The summed E-state index contributed by atoms with van der Waals surface area (Å²) in [5.41, 5.74) is 0. The SMILES string of the molecule is O=C1CCC(NC(=O)CCCOc2ccccc2Cl)C(=O)N1. The standard InChI is InChI=1S/C15H17ClN2O4/c16-10-4-1-2-5-12(10)22-9-3-6-13(19)17-11-7-8-14(20)18-15(11)21/h1-2,4-5,11H,3,6-9H2,(H,17,19)(H,18,20,21). The van der Waals surface area contributed by atoms with Gasteiger partial charge in [-0.05, 0) is 25.0 Å². The van der Waals surface area contributed by atoms with Crippen LogP contribution in [0.15, 0.2) is 24.3 Å². The summed E-state index contributed by atoms with van der Waals surface area (Å²) in [5.74, 6) is -0.410. The zero-order valence-electron chi connectivity index (χ0n) is 11.9. The number of nitrogens with one attached hydrogen (secondary N) is 2. The molecule has 118 valence electrons. The molecule has 0 aliphatic carbocycles. The van der Waals surface area contributed by atoms with E-state index in [0.29, 0.717) is 30.2 Å². The minimum absolute atomic E-state index is 0.238. The quantitative estimate of drug-likeness (QED) is 0.612. The Bertz CT molecular complexity index is 576. The second kappa shape index (κ2) is 7.79. The van der Waals surface area contributed by atoms with E-state index in [9.17, 15) is 14.4 Å². The number of carbonyl (C=O) groups excluding carboxylic acids is 3. The van der Waals surface area contributed by atoms with Crippen LogP contribution in [0.5, 0.6) is 5.75 Å². The smallest absolute Gasteiger partial charge is 0.249 e. The van der Waals surface area contributed by atoms with E-state index in [4.69, 9.17) is 16.3 Å². The number of imide groups is 1. The summed E-state index contributed by atoms with van der Waals surface area (Å²) in [6, 6.07) is 6.48. The molecule has 1 aliphatic rings. The fourth-order valence-electron chi connectivity index (χ4n) is 2.07. The van der Waals surface area contributed by atoms with E-state index in [1.807, 2.05) is 12.1 Å². The van der Waals surface area contributed by atoms with E-state index in [1.165, 1.54) is 0 Å². The van der Waals surface area contributed by atoms with Crippen LogP contribution in [0.3, 0.4) is 0 Å². The molecule has 1 saturated heterocycles. The molecule has 0 aromatic heterocycles. The van der Waals surface area contributed by atoms with Crippen molar-refractivity contribution in [2.75, 3.05) is 6.61 Å². The minimum Gasteiger partial charge on any atom is -0.492 e. The first kappa shape index (κ1) is 16.3. The van der Waals surface area contributed by atoms with Gasteiger partial charge in [-0.2, -0.15) is 0 Å². The van der Waals surface area contributed by atoms with Crippen LogP contribution in [-0.4, -0.2) is 30.4 Å². The zero-order valence-corrected chi connectivity index (χ0v) is 12.7. The van der Waals surface area contributed by atoms with E-state index in [-0.39, 0.29) is 24.7 Å². The maximum absolute atomic E-state index is 11.8. The number of hydrogen-bond acceptors (Lipinski definition) is 4. The Morgan fingerprint density at radius 1 is 1.36 bits per heavy atom. The molecular weight excluding hydrogens is 308 g/mol. The molecule has 1 fully saturated rings. The Morgan fingerprint density at radius 3 is 2.86 bits per heavy atom. The van der Waals surface area contributed by atoms with E-state index >= 15 is 0 Å². The van der Waals surface area contributed by atoms with Crippen molar-refractivity contribution in [3.8, 4) is 5.75 Å². The Balaban J connectivity index is 1.67. The number of ether oxygens (including phenoxy) is 1. The van der Waals surface area contributed by atoms with Gasteiger partial charge >= 0.3 is 0 Å². The number of para-hydroxylation sites is 1. The van der Waals surface area contributed by atoms with Crippen molar-refractivity contribution in [1.82, 2.24) is 10.6 Å². The van der Waals surface area contributed by atoms with Gasteiger partial charge in [0.1, 0.15) is 11.8 Å². The molecule has 0 radical (unpaired) electrons. The fraction of sp³-hybridized carbons (Fsp3) is 0.400. The van der Waals surface area contributed by atoms with Crippen LogP contribution in [0.2, 0.25) is 5.02 Å². The summed E-state index contributed by atoms with van der Waals surface area (Å²) in [6.45, 7) is 0.354. The lowest BCUT2D eigenvalue weighted by Gasteiger charge is -2.21. The lowest BCUT2D eigenvalue weighted by Crippen LogP contribution is -2.52. The van der Waals surface area contributed by atoms with E-state index in [1.54, 1.807) is 12.1 Å². The molecule has 3 amide bonds. The van der Waals surface area contributed by atoms with Crippen molar-refractivity contribution in [2.24, 2.45) is 0 Å². The summed E-state index contributed by atoms with van der Waals surface area (Å²) < 4.78 is 5.48.